The molecule has 0 bridgehead atoms. The number of rotatable bonds is 2. The van der Waals surface area contributed by atoms with Crippen molar-refractivity contribution in [2.75, 3.05) is 5.32 Å². The van der Waals surface area contributed by atoms with Crippen LogP contribution in [0, 0.1) is 11.6 Å². The maximum Gasteiger partial charge on any atom is 0.411 e. The molecular weight excluding hydrogens is 284 g/mol. The number of hydrogen-bond donors (Lipinski definition) is 1. The monoisotopic (exact) mass is 293 g/mol. The largest absolute Gasteiger partial charge is 0.447 e. The van der Waals surface area contributed by atoms with E-state index >= 15 is 0 Å². The zero-order valence-corrected chi connectivity index (χ0v) is 10.3. The molecule has 1 N–H and O–H groups in total. The number of carbonyl (C=O) groups excluding carboxylic acids is 1. The number of benzene rings is 1. The fourth-order valence-electron chi connectivity index (χ4n) is 0.972. The van der Waals surface area contributed by atoms with Crippen molar-refractivity contribution in [3.05, 3.63) is 28.2 Å². The van der Waals surface area contributed by atoms with Crippen LogP contribution in [0.15, 0.2) is 16.6 Å². The van der Waals surface area contributed by atoms with Gasteiger partial charge in [-0.2, -0.15) is 0 Å². The highest BCUT2D eigenvalue weighted by atomic mass is 79.9. The van der Waals surface area contributed by atoms with Crippen molar-refractivity contribution in [2.24, 2.45) is 0 Å². The van der Waals surface area contributed by atoms with Gasteiger partial charge in [0.05, 0.1) is 16.3 Å². The molecule has 0 aromatic heterocycles. The van der Waals surface area contributed by atoms with Crippen LogP contribution in [0.3, 0.4) is 0 Å². The molecule has 1 aromatic carbocycles. The predicted octanol–water partition coefficient (Wildman–Crippen LogP) is 3.68. The molecule has 16 heavy (non-hydrogen) atoms. The summed E-state index contributed by atoms with van der Waals surface area (Å²) in [5, 5.41) is 2.18. The summed E-state index contributed by atoms with van der Waals surface area (Å²) in [6.45, 7) is 3.33. The first-order valence-corrected chi connectivity index (χ1v) is 5.31. The summed E-state index contributed by atoms with van der Waals surface area (Å²) in [5.41, 5.74) is -0.140. The van der Waals surface area contributed by atoms with Gasteiger partial charge in [0.2, 0.25) is 0 Å². The molecule has 0 heterocycles. The predicted molar refractivity (Wildman–Crippen MR) is 59.3 cm³/mol. The zero-order chi connectivity index (χ0) is 12.3. The Hall–Kier alpha value is -1.17. The van der Waals surface area contributed by atoms with Crippen LogP contribution in [0.1, 0.15) is 13.8 Å². The molecule has 0 radical (unpaired) electrons. The van der Waals surface area contributed by atoms with Gasteiger partial charge < -0.3 is 4.74 Å². The quantitative estimate of drug-likeness (QED) is 0.845. The van der Waals surface area contributed by atoms with Crippen LogP contribution in [0.4, 0.5) is 19.3 Å². The molecule has 1 rings (SSSR count). The van der Waals surface area contributed by atoms with E-state index in [2.05, 4.69) is 21.2 Å². The molecular formula is C10H10BrF2NO2. The van der Waals surface area contributed by atoms with Gasteiger partial charge in [0.25, 0.3) is 0 Å². The lowest BCUT2D eigenvalue weighted by atomic mass is 10.3. The Labute approximate surface area is 99.9 Å². The lowest BCUT2D eigenvalue weighted by molar-refractivity contribution is 0.130. The third-order valence-electron chi connectivity index (χ3n) is 1.59. The van der Waals surface area contributed by atoms with Gasteiger partial charge in [-0.15, -0.1) is 0 Å². The second-order valence-electron chi connectivity index (χ2n) is 3.33. The zero-order valence-electron chi connectivity index (χ0n) is 8.68. The highest BCUT2D eigenvalue weighted by Crippen LogP contribution is 2.23. The number of nitrogens with one attached hydrogen (secondary N) is 1. The Morgan fingerprint density at radius 1 is 1.38 bits per heavy atom. The van der Waals surface area contributed by atoms with Gasteiger partial charge in [-0.25, -0.2) is 13.6 Å². The topological polar surface area (TPSA) is 38.3 Å². The summed E-state index contributed by atoms with van der Waals surface area (Å²) < 4.78 is 30.9. The van der Waals surface area contributed by atoms with Crippen LogP contribution in [-0.2, 0) is 4.74 Å². The molecule has 0 spiro atoms. The number of carbonyl (C=O) groups is 1. The number of hydrogen-bond acceptors (Lipinski definition) is 2. The van der Waals surface area contributed by atoms with Gasteiger partial charge in [0, 0.05) is 6.07 Å². The number of halogens is 3. The van der Waals surface area contributed by atoms with Gasteiger partial charge in [0.1, 0.15) is 11.6 Å². The molecule has 88 valence electrons. The van der Waals surface area contributed by atoms with Gasteiger partial charge >= 0.3 is 6.09 Å². The van der Waals surface area contributed by atoms with E-state index in [1.54, 1.807) is 13.8 Å². The van der Waals surface area contributed by atoms with Crippen LogP contribution in [-0.4, -0.2) is 12.2 Å². The SMILES string of the molecule is CC(C)OC(=O)Nc1cc(Br)c(F)cc1F. The number of ether oxygens (including phenoxy) is 1. The highest BCUT2D eigenvalue weighted by Gasteiger charge is 2.12. The average Bonchev–Trinajstić information content (AvgIpc) is 2.12. The maximum absolute atomic E-state index is 13.2. The first kappa shape index (κ1) is 12.9. The van der Waals surface area contributed by atoms with Gasteiger partial charge in [0.15, 0.2) is 0 Å². The normalized spacial score (nSPS) is 10.4. The Morgan fingerprint density at radius 3 is 2.56 bits per heavy atom. The molecule has 0 atom stereocenters. The van der Waals surface area contributed by atoms with E-state index in [-0.39, 0.29) is 16.3 Å². The van der Waals surface area contributed by atoms with E-state index in [0.29, 0.717) is 6.07 Å². The van der Waals surface area contributed by atoms with Gasteiger partial charge in [-0.1, -0.05) is 0 Å². The Morgan fingerprint density at radius 2 is 2.00 bits per heavy atom. The van der Waals surface area contributed by atoms with Crippen molar-refractivity contribution in [1.29, 1.82) is 0 Å². The molecule has 0 aliphatic carbocycles. The minimum Gasteiger partial charge on any atom is -0.447 e. The van der Waals surface area contributed by atoms with Crippen LogP contribution in [0.2, 0.25) is 0 Å². The molecule has 0 aliphatic heterocycles. The molecule has 3 nitrogen and oxygen atoms in total. The van der Waals surface area contributed by atoms with Crippen molar-refractivity contribution in [2.45, 2.75) is 20.0 Å². The first-order chi connectivity index (χ1) is 7.40. The third kappa shape index (κ3) is 3.44. The summed E-state index contributed by atoms with van der Waals surface area (Å²) in [6.07, 6.45) is -1.10. The Kier molecular flexibility index (Phi) is 4.23. The van der Waals surface area contributed by atoms with E-state index in [1.807, 2.05) is 0 Å². The average molecular weight is 294 g/mol. The van der Waals surface area contributed by atoms with E-state index in [4.69, 9.17) is 4.74 Å². The van der Waals surface area contributed by atoms with Crippen molar-refractivity contribution < 1.29 is 18.3 Å². The standard InChI is InChI=1S/C10H10BrF2NO2/c1-5(2)16-10(15)14-9-3-6(11)7(12)4-8(9)13/h3-5H,1-2H3,(H,14,15). The van der Waals surface area contributed by atoms with Crippen LogP contribution in [0.5, 0.6) is 0 Å². The molecule has 0 fully saturated rings. The van der Waals surface area contributed by atoms with Crippen molar-refractivity contribution in [3.8, 4) is 0 Å². The Bertz CT molecular complexity index is 410. The van der Waals surface area contributed by atoms with Crippen LogP contribution in [0.25, 0.3) is 0 Å². The summed E-state index contributed by atoms with van der Waals surface area (Å²) in [5.74, 6) is -1.60. The second kappa shape index (κ2) is 5.25. The molecule has 1 amide bonds. The Balaban J connectivity index is 2.81. The molecule has 6 heteroatoms. The van der Waals surface area contributed by atoms with Crippen molar-refractivity contribution >= 4 is 27.7 Å². The third-order valence-corrected chi connectivity index (χ3v) is 2.20. The fourth-order valence-corrected chi connectivity index (χ4v) is 1.32. The lowest BCUT2D eigenvalue weighted by Crippen LogP contribution is -2.18. The first-order valence-electron chi connectivity index (χ1n) is 4.52. The molecule has 0 aliphatic rings. The van der Waals surface area contributed by atoms with Crippen molar-refractivity contribution in [3.63, 3.8) is 0 Å². The molecule has 0 unspecified atom stereocenters. The van der Waals surface area contributed by atoms with Gasteiger partial charge in [-0.3, -0.25) is 5.32 Å². The second-order valence-corrected chi connectivity index (χ2v) is 4.18. The van der Waals surface area contributed by atoms with E-state index < -0.39 is 17.7 Å². The fraction of sp³-hybridized carbons (Fsp3) is 0.300. The highest BCUT2D eigenvalue weighted by molar-refractivity contribution is 9.10. The number of anilines is 1. The van der Waals surface area contributed by atoms with Gasteiger partial charge in [-0.05, 0) is 35.8 Å². The minimum atomic E-state index is -0.860. The molecule has 0 saturated carbocycles. The number of amides is 1. The molecule has 0 saturated heterocycles. The smallest absolute Gasteiger partial charge is 0.411 e. The maximum atomic E-state index is 13.2. The van der Waals surface area contributed by atoms with E-state index in [0.717, 1.165) is 6.07 Å². The summed E-state index contributed by atoms with van der Waals surface area (Å²) in [4.78, 5) is 11.2. The summed E-state index contributed by atoms with van der Waals surface area (Å²) in [7, 11) is 0. The minimum absolute atomic E-state index is 0.0637. The van der Waals surface area contributed by atoms with Crippen LogP contribution < -0.4 is 5.32 Å². The van der Waals surface area contributed by atoms with E-state index in [1.165, 1.54) is 0 Å². The summed E-state index contributed by atoms with van der Waals surface area (Å²) >= 11 is 2.89. The van der Waals surface area contributed by atoms with Crippen molar-refractivity contribution in [1.82, 2.24) is 0 Å². The molecule has 1 aromatic rings. The lowest BCUT2D eigenvalue weighted by Gasteiger charge is -2.10. The summed E-state index contributed by atoms with van der Waals surface area (Å²) in [6, 6.07) is 1.81. The van der Waals surface area contributed by atoms with Crippen LogP contribution >= 0.6 is 15.9 Å². The van der Waals surface area contributed by atoms with E-state index in [9.17, 15) is 13.6 Å².